The Hall–Kier alpha value is -1.71. The first-order valence-electron chi connectivity index (χ1n) is 4.23. The Bertz CT molecular complexity index is 313. The van der Waals surface area contributed by atoms with E-state index in [1.54, 1.807) is 0 Å². The number of rotatable bonds is 4. The van der Waals surface area contributed by atoms with Gasteiger partial charge in [-0.3, -0.25) is 4.79 Å². The molecular weight excluding hydrogens is 184 g/mol. The molecule has 0 atom stereocenters. The maximum absolute atomic E-state index is 10.6. The number of hydrogen-bond donors (Lipinski definition) is 2. The van der Waals surface area contributed by atoms with Gasteiger partial charge in [0.2, 0.25) is 0 Å². The van der Waals surface area contributed by atoms with E-state index in [-0.39, 0.29) is 23.9 Å². The molecule has 0 fully saturated rings. The second-order valence-electron chi connectivity index (χ2n) is 2.99. The fourth-order valence-corrected chi connectivity index (χ4v) is 0.964. The number of benzene rings is 1. The summed E-state index contributed by atoms with van der Waals surface area (Å²) in [6.07, 6.45) is 0.316. The highest BCUT2D eigenvalue weighted by molar-refractivity contribution is 5.75. The van der Waals surface area contributed by atoms with Gasteiger partial charge in [-0.05, 0) is 6.92 Å². The lowest BCUT2D eigenvalue weighted by molar-refractivity contribution is -0.117. The van der Waals surface area contributed by atoms with Gasteiger partial charge in [0.05, 0.1) is 6.61 Å². The maximum atomic E-state index is 10.6. The quantitative estimate of drug-likeness (QED) is 0.765. The van der Waals surface area contributed by atoms with E-state index in [9.17, 15) is 4.79 Å². The fourth-order valence-electron chi connectivity index (χ4n) is 0.964. The fraction of sp³-hybridized carbons (Fsp3) is 0.300. The average Bonchev–Trinajstić information content (AvgIpc) is 2.01. The van der Waals surface area contributed by atoms with Gasteiger partial charge in [-0.1, -0.05) is 0 Å². The van der Waals surface area contributed by atoms with Crippen molar-refractivity contribution in [1.82, 2.24) is 0 Å². The molecule has 0 amide bonds. The number of phenols is 2. The number of carbonyl (C=O) groups is 1. The van der Waals surface area contributed by atoms with Crippen LogP contribution in [-0.2, 0) is 4.79 Å². The lowest BCUT2D eigenvalue weighted by atomic mass is 10.3. The van der Waals surface area contributed by atoms with Crippen molar-refractivity contribution in [2.45, 2.75) is 13.3 Å². The summed E-state index contributed by atoms with van der Waals surface area (Å²) in [6, 6.07) is 3.96. The number of hydrogen-bond acceptors (Lipinski definition) is 4. The second-order valence-corrected chi connectivity index (χ2v) is 2.99. The summed E-state index contributed by atoms with van der Waals surface area (Å²) in [6.45, 7) is 1.72. The van der Waals surface area contributed by atoms with E-state index in [1.165, 1.54) is 25.1 Å². The van der Waals surface area contributed by atoms with Gasteiger partial charge in [0.25, 0.3) is 0 Å². The van der Waals surface area contributed by atoms with Crippen molar-refractivity contribution in [2.24, 2.45) is 0 Å². The Morgan fingerprint density at radius 2 is 1.86 bits per heavy atom. The largest absolute Gasteiger partial charge is 0.508 e. The van der Waals surface area contributed by atoms with Gasteiger partial charge >= 0.3 is 0 Å². The normalized spacial score (nSPS) is 9.79. The minimum atomic E-state index is -0.0668. The molecule has 0 aliphatic carbocycles. The molecule has 14 heavy (non-hydrogen) atoms. The van der Waals surface area contributed by atoms with Crippen LogP contribution in [0, 0.1) is 0 Å². The number of Topliss-reactive ketones (excluding diaryl/α,β-unsaturated/α-hetero) is 1. The van der Waals surface area contributed by atoms with Crippen LogP contribution in [0.3, 0.4) is 0 Å². The Morgan fingerprint density at radius 3 is 2.36 bits per heavy atom. The summed E-state index contributed by atoms with van der Waals surface area (Å²) in [5.74, 6) is 0.253. The molecule has 0 saturated carbocycles. The smallest absolute Gasteiger partial charge is 0.133 e. The highest BCUT2D eigenvalue weighted by atomic mass is 16.5. The zero-order chi connectivity index (χ0) is 10.6. The molecule has 0 spiro atoms. The summed E-state index contributed by atoms with van der Waals surface area (Å²) in [7, 11) is 0. The minimum Gasteiger partial charge on any atom is -0.508 e. The average molecular weight is 196 g/mol. The van der Waals surface area contributed by atoms with Crippen LogP contribution in [-0.4, -0.2) is 22.6 Å². The SMILES string of the molecule is CC(=O)CCOc1cc(O)cc(O)c1. The first kappa shape index (κ1) is 10.4. The van der Waals surface area contributed by atoms with Crippen LogP contribution >= 0.6 is 0 Å². The first-order valence-corrected chi connectivity index (χ1v) is 4.23. The summed E-state index contributed by atoms with van der Waals surface area (Å²) in [5, 5.41) is 18.2. The molecule has 1 aromatic carbocycles. The molecule has 0 heterocycles. The van der Waals surface area contributed by atoms with Crippen molar-refractivity contribution in [1.29, 1.82) is 0 Å². The molecule has 0 saturated heterocycles. The van der Waals surface area contributed by atoms with Gasteiger partial charge in [0.15, 0.2) is 0 Å². The predicted octanol–water partition coefficient (Wildman–Crippen LogP) is 1.46. The first-order chi connectivity index (χ1) is 6.58. The lowest BCUT2D eigenvalue weighted by Gasteiger charge is -2.05. The van der Waals surface area contributed by atoms with Gasteiger partial charge in [0, 0.05) is 24.6 Å². The van der Waals surface area contributed by atoms with E-state index in [1.807, 2.05) is 0 Å². The van der Waals surface area contributed by atoms with E-state index in [0.717, 1.165) is 0 Å². The number of phenolic OH excluding ortho intramolecular Hbond substituents is 2. The van der Waals surface area contributed by atoms with E-state index in [4.69, 9.17) is 14.9 Å². The molecule has 0 aromatic heterocycles. The van der Waals surface area contributed by atoms with Gasteiger partial charge < -0.3 is 14.9 Å². The molecule has 0 radical (unpaired) electrons. The van der Waals surface area contributed by atoms with E-state index in [0.29, 0.717) is 12.2 Å². The van der Waals surface area contributed by atoms with Crippen molar-refractivity contribution in [3.63, 3.8) is 0 Å². The molecule has 0 aliphatic rings. The van der Waals surface area contributed by atoms with Crippen LogP contribution in [0.4, 0.5) is 0 Å². The highest BCUT2D eigenvalue weighted by Crippen LogP contribution is 2.25. The zero-order valence-electron chi connectivity index (χ0n) is 7.86. The van der Waals surface area contributed by atoms with Crippen LogP contribution < -0.4 is 4.74 Å². The zero-order valence-corrected chi connectivity index (χ0v) is 7.86. The molecule has 4 heteroatoms. The number of ketones is 1. The minimum absolute atomic E-state index is 0.0365. The van der Waals surface area contributed by atoms with Crippen LogP contribution in [0.15, 0.2) is 18.2 Å². The Labute approximate surface area is 81.8 Å². The summed E-state index contributed by atoms with van der Waals surface area (Å²) in [5.41, 5.74) is 0. The Morgan fingerprint density at radius 1 is 1.29 bits per heavy atom. The van der Waals surface area contributed by atoms with E-state index >= 15 is 0 Å². The van der Waals surface area contributed by atoms with Gasteiger partial charge in [-0.2, -0.15) is 0 Å². The third-order valence-electron chi connectivity index (χ3n) is 1.60. The molecule has 76 valence electrons. The van der Waals surface area contributed by atoms with Crippen molar-refractivity contribution >= 4 is 5.78 Å². The van der Waals surface area contributed by atoms with Crippen molar-refractivity contribution in [3.05, 3.63) is 18.2 Å². The second kappa shape index (κ2) is 4.50. The molecule has 1 aromatic rings. The highest BCUT2D eigenvalue weighted by Gasteiger charge is 2.00. The maximum Gasteiger partial charge on any atom is 0.133 e. The van der Waals surface area contributed by atoms with Crippen molar-refractivity contribution in [3.8, 4) is 17.2 Å². The molecule has 0 bridgehead atoms. The lowest BCUT2D eigenvalue weighted by Crippen LogP contribution is -2.02. The van der Waals surface area contributed by atoms with E-state index in [2.05, 4.69) is 0 Å². The number of ether oxygens (including phenoxy) is 1. The molecule has 1 rings (SSSR count). The van der Waals surface area contributed by atoms with Crippen molar-refractivity contribution in [2.75, 3.05) is 6.61 Å². The summed E-state index contributed by atoms with van der Waals surface area (Å²) >= 11 is 0. The number of carbonyl (C=O) groups excluding carboxylic acids is 1. The number of aromatic hydroxyl groups is 2. The topological polar surface area (TPSA) is 66.8 Å². The molecule has 4 nitrogen and oxygen atoms in total. The van der Waals surface area contributed by atoms with Crippen LogP contribution in [0.1, 0.15) is 13.3 Å². The van der Waals surface area contributed by atoms with Crippen LogP contribution in [0.2, 0.25) is 0 Å². The molecular formula is C10H12O4. The standard InChI is InChI=1S/C10H12O4/c1-7(11)2-3-14-10-5-8(12)4-9(13)6-10/h4-6,12-13H,2-3H2,1H3. The van der Waals surface area contributed by atoms with Crippen molar-refractivity contribution < 1.29 is 19.7 Å². The summed E-state index contributed by atoms with van der Waals surface area (Å²) < 4.78 is 5.14. The Balaban J connectivity index is 2.54. The van der Waals surface area contributed by atoms with Crippen LogP contribution in [0.25, 0.3) is 0 Å². The third kappa shape index (κ3) is 3.35. The molecule has 2 N–H and O–H groups in total. The Kier molecular flexibility index (Phi) is 3.34. The third-order valence-corrected chi connectivity index (χ3v) is 1.60. The van der Waals surface area contributed by atoms with Gasteiger partial charge in [-0.25, -0.2) is 0 Å². The predicted molar refractivity (Wildman–Crippen MR) is 50.6 cm³/mol. The molecule has 0 unspecified atom stereocenters. The molecule has 0 aliphatic heterocycles. The monoisotopic (exact) mass is 196 g/mol. The van der Waals surface area contributed by atoms with Gasteiger partial charge in [0.1, 0.15) is 23.0 Å². The van der Waals surface area contributed by atoms with E-state index < -0.39 is 0 Å². The van der Waals surface area contributed by atoms with Gasteiger partial charge in [-0.15, -0.1) is 0 Å². The summed E-state index contributed by atoms with van der Waals surface area (Å²) in [4.78, 5) is 10.6. The van der Waals surface area contributed by atoms with Crippen LogP contribution in [0.5, 0.6) is 17.2 Å².